The summed E-state index contributed by atoms with van der Waals surface area (Å²) in [5.41, 5.74) is 5.39. The van der Waals surface area contributed by atoms with Crippen molar-refractivity contribution in [3.63, 3.8) is 0 Å². The van der Waals surface area contributed by atoms with E-state index in [1.165, 1.54) is 25.1 Å². The number of aryl methyl sites for hydroxylation is 1. The van der Waals surface area contributed by atoms with E-state index < -0.39 is 23.7 Å². The van der Waals surface area contributed by atoms with Crippen molar-refractivity contribution in [2.45, 2.75) is 25.9 Å². The van der Waals surface area contributed by atoms with Crippen LogP contribution in [0.25, 0.3) is 0 Å². The van der Waals surface area contributed by atoms with E-state index in [1.54, 1.807) is 38.5 Å². The van der Waals surface area contributed by atoms with Crippen LogP contribution in [-0.2, 0) is 16.0 Å². The molecule has 0 heterocycles. The highest BCUT2D eigenvalue weighted by Crippen LogP contribution is 2.25. The normalized spacial score (nSPS) is 11.3. The van der Waals surface area contributed by atoms with Crippen LogP contribution in [-0.4, -0.2) is 32.1 Å². The van der Waals surface area contributed by atoms with Gasteiger partial charge in [-0.2, -0.15) is 0 Å². The van der Waals surface area contributed by atoms with Gasteiger partial charge in [0.05, 0.1) is 14.2 Å². The van der Waals surface area contributed by atoms with Crippen molar-refractivity contribution in [2.75, 3.05) is 14.2 Å². The molecule has 0 saturated carbocycles. The van der Waals surface area contributed by atoms with Gasteiger partial charge in [-0.25, -0.2) is 4.39 Å². The van der Waals surface area contributed by atoms with Gasteiger partial charge in [0.15, 0.2) is 17.7 Å². The van der Waals surface area contributed by atoms with E-state index in [0.29, 0.717) is 17.9 Å². The molecule has 0 radical (unpaired) electrons. The third kappa shape index (κ3) is 5.87. The number of methoxy groups -OCH3 is 2. The average molecular weight is 390 g/mol. The summed E-state index contributed by atoms with van der Waals surface area (Å²) in [6.45, 7) is 1.45. The first kappa shape index (κ1) is 21.0. The molecule has 0 saturated heterocycles. The van der Waals surface area contributed by atoms with Gasteiger partial charge in [-0.15, -0.1) is 0 Å². The summed E-state index contributed by atoms with van der Waals surface area (Å²) in [6.07, 6.45) is -0.480. The van der Waals surface area contributed by atoms with E-state index in [4.69, 9.17) is 14.2 Å². The van der Waals surface area contributed by atoms with Crippen molar-refractivity contribution in [2.24, 2.45) is 0 Å². The Morgan fingerprint density at radius 3 is 2.46 bits per heavy atom. The number of hydrazine groups is 1. The van der Waals surface area contributed by atoms with Crippen LogP contribution in [0.2, 0.25) is 0 Å². The van der Waals surface area contributed by atoms with Crippen molar-refractivity contribution >= 4 is 11.8 Å². The first-order valence-electron chi connectivity index (χ1n) is 8.65. The van der Waals surface area contributed by atoms with Crippen LogP contribution in [0.15, 0.2) is 42.5 Å². The van der Waals surface area contributed by atoms with Gasteiger partial charge in [-0.1, -0.05) is 12.1 Å². The Balaban J connectivity index is 1.82. The summed E-state index contributed by atoms with van der Waals surface area (Å²) >= 11 is 0. The molecule has 1 unspecified atom stereocenters. The second-order valence-corrected chi connectivity index (χ2v) is 5.91. The summed E-state index contributed by atoms with van der Waals surface area (Å²) in [7, 11) is 3.10. The van der Waals surface area contributed by atoms with Gasteiger partial charge >= 0.3 is 0 Å². The van der Waals surface area contributed by atoms with E-state index in [0.717, 1.165) is 5.56 Å². The second-order valence-electron chi connectivity index (χ2n) is 5.91. The molecule has 28 heavy (non-hydrogen) atoms. The molecule has 150 valence electrons. The molecule has 1 atom stereocenters. The summed E-state index contributed by atoms with van der Waals surface area (Å²) < 4.78 is 29.3. The Hall–Kier alpha value is -3.29. The molecular weight excluding hydrogens is 367 g/mol. The number of ether oxygens (including phenoxy) is 3. The van der Waals surface area contributed by atoms with E-state index in [1.807, 2.05) is 0 Å². The van der Waals surface area contributed by atoms with Gasteiger partial charge in [0.25, 0.3) is 5.91 Å². The number of hydrogen-bond donors (Lipinski definition) is 2. The Morgan fingerprint density at radius 2 is 1.79 bits per heavy atom. The number of halogens is 1. The van der Waals surface area contributed by atoms with Crippen LogP contribution in [0.1, 0.15) is 18.9 Å². The van der Waals surface area contributed by atoms with Gasteiger partial charge in [0.2, 0.25) is 5.91 Å². The number of para-hydroxylation sites is 1. The molecule has 2 aromatic carbocycles. The maximum absolute atomic E-state index is 13.6. The lowest BCUT2D eigenvalue weighted by Gasteiger charge is -2.15. The minimum absolute atomic E-state index is 0.0402. The lowest BCUT2D eigenvalue weighted by molar-refractivity contribution is -0.132. The molecule has 2 N–H and O–H groups in total. The Bertz CT molecular complexity index is 828. The van der Waals surface area contributed by atoms with Gasteiger partial charge < -0.3 is 14.2 Å². The van der Waals surface area contributed by atoms with Crippen molar-refractivity contribution < 1.29 is 28.2 Å². The third-order valence-corrected chi connectivity index (χ3v) is 3.94. The van der Waals surface area contributed by atoms with Crippen LogP contribution in [0, 0.1) is 5.82 Å². The van der Waals surface area contributed by atoms with E-state index in [-0.39, 0.29) is 12.2 Å². The molecule has 0 bridgehead atoms. The molecule has 0 aliphatic rings. The first-order valence-corrected chi connectivity index (χ1v) is 8.65. The Kier molecular flexibility index (Phi) is 7.62. The topological polar surface area (TPSA) is 85.9 Å². The van der Waals surface area contributed by atoms with Crippen molar-refractivity contribution in [3.8, 4) is 17.2 Å². The maximum Gasteiger partial charge on any atom is 0.279 e. The largest absolute Gasteiger partial charge is 0.497 e. The molecule has 0 aromatic heterocycles. The van der Waals surface area contributed by atoms with Crippen molar-refractivity contribution in [1.82, 2.24) is 10.9 Å². The first-order chi connectivity index (χ1) is 13.4. The monoisotopic (exact) mass is 390 g/mol. The summed E-state index contributed by atoms with van der Waals surface area (Å²) in [6, 6.07) is 11.1. The molecule has 2 amide bonds. The van der Waals surface area contributed by atoms with Crippen molar-refractivity contribution in [1.29, 1.82) is 0 Å². The SMILES string of the molecule is COc1ccc(OC)c(CCC(=O)NNC(=O)C(C)Oc2ccccc2F)c1. The average Bonchev–Trinajstić information content (AvgIpc) is 2.71. The fourth-order valence-electron chi connectivity index (χ4n) is 2.41. The maximum atomic E-state index is 13.6. The molecular formula is C20H23FN2O5. The fourth-order valence-corrected chi connectivity index (χ4v) is 2.41. The van der Waals surface area contributed by atoms with Gasteiger partial charge in [0, 0.05) is 6.42 Å². The number of amides is 2. The number of rotatable bonds is 8. The molecule has 0 aliphatic heterocycles. The third-order valence-electron chi connectivity index (χ3n) is 3.94. The quantitative estimate of drug-likeness (QED) is 0.676. The zero-order chi connectivity index (χ0) is 20.5. The zero-order valence-electron chi connectivity index (χ0n) is 16.0. The summed E-state index contributed by atoms with van der Waals surface area (Å²) in [5.74, 6) is -0.305. The van der Waals surface area contributed by atoms with E-state index >= 15 is 0 Å². The van der Waals surface area contributed by atoms with Crippen LogP contribution in [0.3, 0.4) is 0 Å². The molecule has 2 rings (SSSR count). The standard InChI is InChI=1S/C20H23FN2O5/c1-13(28-18-7-5-4-6-16(18)21)20(25)23-22-19(24)11-8-14-12-15(26-2)9-10-17(14)27-3/h4-7,9-10,12-13H,8,11H2,1-3H3,(H,22,24)(H,23,25). The van der Waals surface area contributed by atoms with Crippen LogP contribution in [0.4, 0.5) is 4.39 Å². The highest BCUT2D eigenvalue weighted by molar-refractivity contribution is 5.84. The predicted molar refractivity (Wildman–Crippen MR) is 101 cm³/mol. The highest BCUT2D eigenvalue weighted by atomic mass is 19.1. The van der Waals surface area contributed by atoms with E-state index in [2.05, 4.69) is 10.9 Å². The second kappa shape index (κ2) is 10.1. The van der Waals surface area contributed by atoms with Gasteiger partial charge in [-0.05, 0) is 49.2 Å². The minimum Gasteiger partial charge on any atom is -0.497 e. The Morgan fingerprint density at radius 1 is 1.04 bits per heavy atom. The number of benzene rings is 2. The molecule has 8 heteroatoms. The lowest BCUT2D eigenvalue weighted by atomic mass is 10.1. The number of carbonyl (C=O) groups excluding carboxylic acids is 2. The lowest BCUT2D eigenvalue weighted by Crippen LogP contribution is -2.47. The number of carbonyl (C=O) groups is 2. The molecule has 2 aromatic rings. The fraction of sp³-hybridized carbons (Fsp3) is 0.300. The predicted octanol–water partition coefficient (Wildman–Crippen LogP) is 2.39. The zero-order valence-corrected chi connectivity index (χ0v) is 16.0. The number of hydrogen-bond acceptors (Lipinski definition) is 5. The smallest absolute Gasteiger partial charge is 0.279 e. The highest BCUT2D eigenvalue weighted by Gasteiger charge is 2.17. The number of nitrogens with one attached hydrogen (secondary N) is 2. The molecule has 0 spiro atoms. The van der Waals surface area contributed by atoms with Crippen LogP contribution < -0.4 is 25.1 Å². The van der Waals surface area contributed by atoms with Crippen LogP contribution in [0.5, 0.6) is 17.2 Å². The molecule has 7 nitrogen and oxygen atoms in total. The van der Waals surface area contributed by atoms with Crippen molar-refractivity contribution in [3.05, 3.63) is 53.8 Å². The Labute approximate surface area is 162 Å². The minimum atomic E-state index is -0.990. The van der Waals surface area contributed by atoms with Gasteiger partial charge in [0.1, 0.15) is 11.5 Å². The molecule has 0 fully saturated rings. The molecule has 0 aliphatic carbocycles. The van der Waals surface area contributed by atoms with Crippen LogP contribution >= 0.6 is 0 Å². The summed E-state index contributed by atoms with van der Waals surface area (Å²) in [4.78, 5) is 24.0. The summed E-state index contributed by atoms with van der Waals surface area (Å²) in [5, 5.41) is 0. The van der Waals surface area contributed by atoms with E-state index in [9.17, 15) is 14.0 Å². The van der Waals surface area contributed by atoms with Gasteiger partial charge in [-0.3, -0.25) is 20.4 Å².